The number of Topliss-reactive ketones (excluding diaryl/α,β-unsaturated/α-hetero) is 1. The van der Waals surface area contributed by atoms with Crippen LogP contribution in [0.2, 0.25) is 0 Å². The molecule has 1 nitrogen and oxygen atoms in total. The molecule has 0 aliphatic heterocycles. The van der Waals surface area contributed by atoms with E-state index in [0.29, 0.717) is 0 Å². The van der Waals surface area contributed by atoms with Crippen molar-refractivity contribution in [3.63, 3.8) is 0 Å². The van der Waals surface area contributed by atoms with E-state index >= 15 is 0 Å². The number of ketones is 1. The van der Waals surface area contributed by atoms with E-state index in [1.807, 2.05) is 24.3 Å². The van der Waals surface area contributed by atoms with Crippen LogP contribution >= 0.6 is 0 Å². The van der Waals surface area contributed by atoms with E-state index in [0.717, 1.165) is 41.5 Å². The van der Waals surface area contributed by atoms with Gasteiger partial charge >= 0.3 is 0 Å². The summed E-state index contributed by atoms with van der Waals surface area (Å²) in [6, 6.07) is 27.1. The summed E-state index contributed by atoms with van der Waals surface area (Å²) in [7, 11) is 0. The minimum Gasteiger partial charge on any atom is -0.289 e. The Bertz CT molecular complexity index is 1020. The highest BCUT2D eigenvalue weighted by atomic mass is 16.1. The molecular weight excluding hydrogens is 340 g/mol. The predicted molar refractivity (Wildman–Crippen MR) is 118 cm³/mol. The Morgan fingerprint density at radius 1 is 0.643 bits per heavy atom. The van der Waals surface area contributed by atoms with Crippen LogP contribution < -0.4 is 0 Å². The number of carbonyl (C=O) groups is 1. The largest absolute Gasteiger partial charge is 0.289 e. The van der Waals surface area contributed by atoms with Crippen molar-refractivity contribution in [1.29, 1.82) is 0 Å². The maximum absolute atomic E-state index is 13.0. The zero-order chi connectivity index (χ0) is 19.3. The van der Waals surface area contributed by atoms with Crippen LogP contribution in [0.3, 0.4) is 0 Å². The zero-order valence-electron chi connectivity index (χ0n) is 16.2. The van der Waals surface area contributed by atoms with Gasteiger partial charge < -0.3 is 0 Å². The van der Waals surface area contributed by atoms with E-state index in [4.69, 9.17) is 0 Å². The number of benzene rings is 3. The molecule has 4 rings (SSSR count). The van der Waals surface area contributed by atoms with Gasteiger partial charge in [0.25, 0.3) is 0 Å². The summed E-state index contributed by atoms with van der Waals surface area (Å²) < 4.78 is 0. The van der Waals surface area contributed by atoms with Crippen molar-refractivity contribution in [2.24, 2.45) is 0 Å². The maximum Gasteiger partial charge on any atom is 0.185 e. The van der Waals surface area contributed by atoms with Crippen molar-refractivity contribution in [3.8, 4) is 11.1 Å². The number of hydrogen-bond donors (Lipinski definition) is 0. The third-order valence-electron chi connectivity index (χ3n) is 5.25. The molecule has 0 N–H and O–H groups in total. The van der Waals surface area contributed by atoms with Crippen LogP contribution in [0.5, 0.6) is 0 Å². The van der Waals surface area contributed by atoms with E-state index in [9.17, 15) is 4.79 Å². The quantitative estimate of drug-likeness (QED) is 0.463. The van der Waals surface area contributed by atoms with Crippen LogP contribution in [0.1, 0.15) is 36.0 Å². The molecule has 0 amide bonds. The van der Waals surface area contributed by atoms with Gasteiger partial charge in [-0.1, -0.05) is 84.4 Å². The van der Waals surface area contributed by atoms with Crippen LogP contribution in [0.25, 0.3) is 23.3 Å². The van der Waals surface area contributed by atoms with E-state index < -0.39 is 0 Å². The first-order valence-corrected chi connectivity index (χ1v) is 9.87. The summed E-state index contributed by atoms with van der Waals surface area (Å²) in [6.45, 7) is 2.08. The van der Waals surface area contributed by atoms with Gasteiger partial charge in [0.15, 0.2) is 5.78 Å². The molecule has 1 saturated carbocycles. The number of rotatable bonds is 3. The number of hydrogen-bond acceptors (Lipinski definition) is 1. The molecule has 28 heavy (non-hydrogen) atoms. The fraction of sp³-hybridized carbons (Fsp3) is 0.148. The van der Waals surface area contributed by atoms with Gasteiger partial charge in [-0.3, -0.25) is 4.79 Å². The van der Waals surface area contributed by atoms with Crippen molar-refractivity contribution in [2.75, 3.05) is 0 Å². The summed E-state index contributed by atoms with van der Waals surface area (Å²) in [5, 5.41) is 0. The van der Waals surface area contributed by atoms with Crippen LogP contribution in [0.4, 0.5) is 0 Å². The topological polar surface area (TPSA) is 17.1 Å². The van der Waals surface area contributed by atoms with E-state index in [1.165, 1.54) is 16.7 Å². The van der Waals surface area contributed by atoms with E-state index in [1.54, 1.807) is 0 Å². The number of carbonyl (C=O) groups excluding carboxylic acids is 1. The Morgan fingerprint density at radius 3 is 1.71 bits per heavy atom. The lowest BCUT2D eigenvalue weighted by molar-refractivity contribution is -0.112. The minimum absolute atomic E-state index is 0.193. The third-order valence-corrected chi connectivity index (χ3v) is 5.25. The van der Waals surface area contributed by atoms with Crippen LogP contribution in [0.15, 0.2) is 90.0 Å². The highest BCUT2D eigenvalue weighted by Gasteiger charge is 2.20. The zero-order valence-corrected chi connectivity index (χ0v) is 16.2. The lowest BCUT2D eigenvalue weighted by atomic mass is 9.86. The second-order valence-electron chi connectivity index (χ2n) is 7.42. The second-order valence-corrected chi connectivity index (χ2v) is 7.42. The summed E-state index contributed by atoms with van der Waals surface area (Å²) in [4.78, 5) is 13.0. The van der Waals surface area contributed by atoms with Gasteiger partial charge in [0.2, 0.25) is 0 Å². The molecule has 0 aromatic heterocycles. The lowest BCUT2D eigenvalue weighted by Crippen LogP contribution is -2.12. The monoisotopic (exact) mass is 364 g/mol. The first-order chi connectivity index (χ1) is 13.7. The molecule has 1 heteroatoms. The van der Waals surface area contributed by atoms with Gasteiger partial charge in [0.05, 0.1) is 0 Å². The van der Waals surface area contributed by atoms with Gasteiger partial charge in [-0.05, 0) is 60.6 Å². The van der Waals surface area contributed by atoms with Crippen molar-refractivity contribution in [1.82, 2.24) is 0 Å². The molecular formula is C27H24O. The molecule has 1 aliphatic carbocycles. The number of aryl methyl sites for hydroxylation is 1. The van der Waals surface area contributed by atoms with Gasteiger partial charge in [0, 0.05) is 11.1 Å². The standard InChI is InChI=1S/C27H24O/c1-20-10-12-21(13-11-20)18-25-8-5-9-26(27(25)28)19-22-14-16-24(17-15-22)23-6-3-2-4-7-23/h2-4,6-7,10-19H,5,8-9H2,1H3/b25-18-,26-19-. The molecule has 138 valence electrons. The molecule has 0 atom stereocenters. The van der Waals surface area contributed by atoms with Gasteiger partial charge in [-0.15, -0.1) is 0 Å². The van der Waals surface area contributed by atoms with Crippen molar-refractivity contribution in [3.05, 3.63) is 107 Å². The van der Waals surface area contributed by atoms with Gasteiger partial charge in [-0.25, -0.2) is 0 Å². The molecule has 0 unspecified atom stereocenters. The molecule has 0 heterocycles. The molecule has 1 fully saturated rings. The molecule has 0 bridgehead atoms. The van der Waals surface area contributed by atoms with Crippen LogP contribution in [-0.2, 0) is 4.79 Å². The van der Waals surface area contributed by atoms with Crippen molar-refractivity contribution < 1.29 is 4.79 Å². The molecule has 3 aromatic rings. The summed E-state index contributed by atoms with van der Waals surface area (Å²) in [5.74, 6) is 0.193. The first kappa shape index (κ1) is 18.2. The average molecular weight is 364 g/mol. The molecule has 3 aromatic carbocycles. The third kappa shape index (κ3) is 4.20. The molecule has 0 spiro atoms. The average Bonchev–Trinajstić information content (AvgIpc) is 2.74. The number of allylic oxidation sites excluding steroid dienone is 2. The van der Waals surface area contributed by atoms with Gasteiger partial charge in [0.1, 0.15) is 0 Å². The first-order valence-electron chi connectivity index (χ1n) is 9.87. The summed E-state index contributed by atoms with van der Waals surface area (Å²) in [6.07, 6.45) is 6.84. The highest BCUT2D eigenvalue weighted by molar-refractivity contribution is 6.13. The molecule has 0 radical (unpaired) electrons. The van der Waals surface area contributed by atoms with Crippen LogP contribution in [-0.4, -0.2) is 5.78 Å². The Balaban J connectivity index is 1.55. The minimum atomic E-state index is 0.193. The molecule has 1 aliphatic rings. The Hall–Kier alpha value is -3.19. The fourth-order valence-corrected chi connectivity index (χ4v) is 3.65. The molecule has 0 saturated heterocycles. The van der Waals surface area contributed by atoms with Gasteiger partial charge in [-0.2, -0.15) is 0 Å². The van der Waals surface area contributed by atoms with Crippen LogP contribution in [0, 0.1) is 6.92 Å². The Labute approximate surface area is 167 Å². The summed E-state index contributed by atoms with van der Waals surface area (Å²) in [5.41, 5.74) is 7.65. The lowest BCUT2D eigenvalue weighted by Gasteiger charge is -2.16. The van der Waals surface area contributed by atoms with Crippen molar-refractivity contribution >= 4 is 17.9 Å². The second kappa shape index (κ2) is 8.22. The van der Waals surface area contributed by atoms with Crippen molar-refractivity contribution in [2.45, 2.75) is 26.2 Å². The highest BCUT2D eigenvalue weighted by Crippen LogP contribution is 2.28. The Morgan fingerprint density at radius 2 is 1.14 bits per heavy atom. The fourth-order valence-electron chi connectivity index (χ4n) is 3.65. The summed E-state index contributed by atoms with van der Waals surface area (Å²) >= 11 is 0. The normalized spacial score (nSPS) is 17.2. The Kier molecular flexibility index (Phi) is 5.34. The maximum atomic E-state index is 13.0. The smallest absolute Gasteiger partial charge is 0.185 e. The van der Waals surface area contributed by atoms with E-state index in [2.05, 4.69) is 73.7 Å². The predicted octanol–water partition coefficient (Wildman–Crippen LogP) is 6.88. The SMILES string of the molecule is Cc1ccc(/C=C2/CCC/C(=C/c3ccc(-c4ccccc4)cc3)C2=O)cc1. The van der Waals surface area contributed by atoms with E-state index in [-0.39, 0.29) is 5.78 Å².